The average Bonchev–Trinajstić information content (AvgIpc) is 1.88. The summed E-state index contributed by atoms with van der Waals surface area (Å²) in [6.07, 6.45) is 0.252. The van der Waals surface area contributed by atoms with Crippen LogP contribution >= 0.6 is 0 Å². The van der Waals surface area contributed by atoms with Gasteiger partial charge in [-0.3, -0.25) is 0 Å². The van der Waals surface area contributed by atoms with Crippen molar-refractivity contribution in [1.29, 1.82) is 0 Å². The van der Waals surface area contributed by atoms with Gasteiger partial charge in [-0.2, -0.15) is 18.2 Å². The Balaban J connectivity index is 0. The summed E-state index contributed by atoms with van der Waals surface area (Å²) in [4.78, 5) is 0. The van der Waals surface area contributed by atoms with E-state index >= 15 is 0 Å². The molecule has 62 valence electrons. The van der Waals surface area contributed by atoms with Crippen LogP contribution in [0.5, 0.6) is 5.75 Å². The molecule has 1 rings (SSSR count). The van der Waals surface area contributed by atoms with Gasteiger partial charge in [0.05, 0.1) is 6.10 Å². The van der Waals surface area contributed by atoms with E-state index in [1.807, 2.05) is 38.1 Å². The fraction of sp³-hybridized carbons (Fsp3) is 0.333. The standard InChI is InChI=1S/C9H11O.ClH.Mg/c1-8(2)10-9-6-4-3-5-7-9;;/h4-8H,1-2H3;1H;/q-1;;+2/p-1. The molecule has 0 aliphatic heterocycles. The summed E-state index contributed by atoms with van der Waals surface area (Å²) < 4.78 is 5.39. The maximum atomic E-state index is 5.39. The molecule has 0 radical (unpaired) electrons. The van der Waals surface area contributed by atoms with Gasteiger partial charge in [-0.15, -0.1) is 12.1 Å². The van der Waals surface area contributed by atoms with Crippen molar-refractivity contribution in [2.75, 3.05) is 0 Å². The van der Waals surface area contributed by atoms with Crippen LogP contribution < -0.4 is 17.1 Å². The van der Waals surface area contributed by atoms with Crippen LogP contribution in [0.4, 0.5) is 0 Å². The van der Waals surface area contributed by atoms with E-state index in [1.165, 1.54) is 0 Å². The van der Waals surface area contributed by atoms with E-state index in [2.05, 4.69) is 6.07 Å². The number of hydrogen-bond donors (Lipinski definition) is 0. The second kappa shape index (κ2) is 7.71. The summed E-state index contributed by atoms with van der Waals surface area (Å²) in [5, 5.41) is 0. The zero-order valence-electron chi connectivity index (χ0n) is 7.38. The fourth-order valence-electron chi connectivity index (χ4n) is 0.722. The minimum absolute atomic E-state index is 0. The molecule has 0 saturated heterocycles. The van der Waals surface area contributed by atoms with Crippen LogP contribution in [0, 0.1) is 6.07 Å². The maximum Gasteiger partial charge on any atom is 2.00 e. The molecule has 0 bridgehead atoms. The number of halogens is 1. The molecule has 1 aromatic rings. The SMILES string of the molecule is CC(C)Oc1cc[c-]cc1.[Cl-].[Mg+2]. The van der Waals surface area contributed by atoms with Gasteiger partial charge in [-0.05, 0) is 13.8 Å². The monoisotopic (exact) mass is 194 g/mol. The van der Waals surface area contributed by atoms with Crippen molar-refractivity contribution in [3.8, 4) is 5.75 Å². The van der Waals surface area contributed by atoms with Gasteiger partial charge in [0.25, 0.3) is 0 Å². The molecule has 0 heterocycles. The molecular weight excluding hydrogens is 184 g/mol. The molecule has 0 atom stereocenters. The van der Waals surface area contributed by atoms with Gasteiger partial charge in [0, 0.05) is 5.75 Å². The van der Waals surface area contributed by atoms with E-state index in [4.69, 9.17) is 4.74 Å². The molecular formula is C9H11ClMgO. The maximum absolute atomic E-state index is 5.39. The number of ether oxygens (including phenoxy) is 1. The van der Waals surface area contributed by atoms with Gasteiger partial charge in [0.1, 0.15) is 0 Å². The summed E-state index contributed by atoms with van der Waals surface area (Å²) in [6, 6.07) is 10.4. The smallest absolute Gasteiger partial charge is 1.00 e. The molecule has 0 spiro atoms. The summed E-state index contributed by atoms with van der Waals surface area (Å²) in [5.41, 5.74) is 0. The van der Waals surface area contributed by atoms with Crippen LogP contribution in [0.3, 0.4) is 0 Å². The Bertz CT molecular complexity index is 189. The molecule has 0 aliphatic rings. The Hall–Kier alpha value is 0.0762. The van der Waals surface area contributed by atoms with Crippen LogP contribution in [0.15, 0.2) is 24.3 Å². The summed E-state index contributed by atoms with van der Waals surface area (Å²) >= 11 is 0. The van der Waals surface area contributed by atoms with E-state index in [0.29, 0.717) is 0 Å². The first kappa shape index (κ1) is 14.6. The van der Waals surface area contributed by atoms with Crippen molar-refractivity contribution in [2.45, 2.75) is 20.0 Å². The fourth-order valence-corrected chi connectivity index (χ4v) is 0.722. The Kier molecular flexibility index (Phi) is 9.38. The first-order chi connectivity index (χ1) is 4.79. The van der Waals surface area contributed by atoms with E-state index in [-0.39, 0.29) is 41.6 Å². The Labute approximate surface area is 96.1 Å². The number of benzene rings is 1. The zero-order chi connectivity index (χ0) is 7.40. The molecule has 1 aromatic carbocycles. The van der Waals surface area contributed by atoms with E-state index in [9.17, 15) is 0 Å². The first-order valence-corrected chi connectivity index (χ1v) is 3.42. The van der Waals surface area contributed by atoms with Gasteiger partial charge >= 0.3 is 23.1 Å². The Morgan fingerprint density at radius 2 is 1.75 bits per heavy atom. The second-order valence-corrected chi connectivity index (χ2v) is 2.40. The van der Waals surface area contributed by atoms with Gasteiger partial charge in [0.2, 0.25) is 0 Å². The Morgan fingerprint density at radius 1 is 1.25 bits per heavy atom. The summed E-state index contributed by atoms with van der Waals surface area (Å²) in [7, 11) is 0. The van der Waals surface area contributed by atoms with Crippen molar-refractivity contribution >= 4 is 23.1 Å². The summed E-state index contributed by atoms with van der Waals surface area (Å²) in [6.45, 7) is 4.02. The van der Waals surface area contributed by atoms with Crippen molar-refractivity contribution in [3.63, 3.8) is 0 Å². The molecule has 0 unspecified atom stereocenters. The van der Waals surface area contributed by atoms with Crippen LogP contribution in [0.25, 0.3) is 0 Å². The van der Waals surface area contributed by atoms with Crippen molar-refractivity contribution in [2.24, 2.45) is 0 Å². The molecule has 0 amide bonds. The predicted octanol–water partition coefficient (Wildman–Crippen LogP) is -1.10. The Morgan fingerprint density at radius 3 is 2.17 bits per heavy atom. The van der Waals surface area contributed by atoms with Crippen molar-refractivity contribution in [3.05, 3.63) is 30.3 Å². The molecule has 0 aliphatic carbocycles. The third kappa shape index (κ3) is 5.69. The van der Waals surface area contributed by atoms with Crippen LogP contribution in [0.1, 0.15) is 13.8 Å². The van der Waals surface area contributed by atoms with Gasteiger partial charge < -0.3 is 17.1 Å². The third-order valence-corrected chi connectivity index (χ3v) is 1.06. The van der Waals surface area contributed by atoms with Crippen LogP contribution in [-0.2, 0) is 0 Å². The van der Waals surface area contributed by atoms with Gasteiger partial charge in [-0.25, -0.2) is 0 Å². The van der Waals surface area contributed by atoms with E-state index in [0.717, 1.165) is 5.75 Å². The quantitative estimate of drug-likeness (QED) is 0.429. The van der Waals surface area contributed by atoms with E-state index in [1.54, 1.807) is 0 Å². The second-order valence-electron chi connectivity index (χ2n) is 2.40. The van der Waals surface area contributed by atoms with Crippen LogP contribution in [-0.4, -0.2) is 29.2 Å². The average molecular weight is 195 g/mol. The van der Waals surface area contributed by atoms with Gasteiger partial charge in [-0.1, -0.05) is 0 Å². The minimum Gasteiger partial charge on any atom is -1.00 e. The molecule has 0 aromatic heterocycles. The predicted molar refractivity (Wildman–Crippen MR) is 46.8 cm³/mol. The van der Waals surface area contributed by atoms with Crippen molar-refractivity contribution < 1.29 is 17.1 Å². The molecule has 0 N–H and O–H groups in total. The van der Waals surface area contributed by atoms with Crippen LogP contribution in [0.2, 0.25) is 0 Å². The topological polar surface area (TPSA) is 9.23 Å². The third-order valence-electron chi connectivity index (χ3n) is 1.06. The first-order valence-electron chi connectivity index (χ1n) is 3.42. The molecule has 0 saturated carbocycles. The zero-order valence-corrected chi connectivity index (χ0v) is 9.55. The molecule has 0 fully saturated rings. The number of rotatable bonds is 2. The van der Waals surface area contributed by atoms with E-state index < -0.39 is 0 Å². The van der Waals surface area contributed by atoms with Crippen molar-refractivity contribution in [1.82, 2.24) is 0 Å². The van der Waals surface area contributed by atoms with Gasteiger partial charge in [0.15, 0.2) is 0 Å². The molecule has 3 heteroatoms. The normalized spacial score (nSPS) is 8.25. The molecule has 1 nitrogen and oxygen atoms in total. The molecule has 12 heavy (non-hydrogen) atoms. The number of hydrogen-bond acceptors (Lipinski definition) is 1. The summed E-state index contributed by atoms with van der Waals surface area (Å²) in [5.74, 6) is 0.911. The minimum atomic E-state index is 0. The largest absolute Gasteiger partial charge is 2.00 e.